The topological polar surface area (TPSA) is 9.86 Å². The summed E-state index contributed by atoms with van der Waals surface area (Å²) < 4.78 is 7.53. The normalized spacial score (nSPS) is 12.1. The molecule has 11 aromatic carbocycles. The molecule has 0 unspecified atom stereocenters. The summed E-state index contributed by atoms with van der Waals surface area (Å²) in [5.41, 5.74) is 12.0. The van der Waals surface area contributed by atoms with Crippen LogP contribution in [0.15, 0.2) is 218 Å². The van der Waals surface area contributed by atoms with Crippen LogP contribution in [0, 0.1) is 0 Å². The number of fused-ring (bicyclic) bond motifs is 12. The fraction of sp³-hybridized carbons (Fsp3) is 0. The molecule has 0 aliphatic rings. The molecule has 0 saturated carbocycles. The molecule has 14 rings (SSSR count). The van der Waals surface area contributed by atoms with Crippen LogP contribution in [0.5, 0.6) is 0 Å². The third-order valence-corrected chi connectivity index (χ3v) is 14.5. The molecule has 0 atom stereocenters. The van der Waals surface area contributed by atoms with E-state index >= 15 is 0 Å². The summed E-state index contributed by atoms with van der Waals surface area (Å²) in [6, 6.07) is 81.2. The van der Waals surface area contributed by atoms with Gasteiger partial charge in [-0.3, -0.25) is 0 Å². The van der Waals surface area contributed by atoms with Crippen molar-refractivity contribution in [1.82, 2.24) is 9.13 Å². The second kappa shape index (κ2) is 13.3. The average Bonchev–Trinajstić information content (AvgIpc) is 3.99. The molecule has 0 saturated heterocycles. The average molecular weight is 817 g/mol. The van der Waals surface area contributed by atoms with Gasteiger partial charge >= 0.3 is 0 Å². The van der Waals surface area contributed by atoms with Gasteiger partial charge < -0.3 is 9.13 Å². The molecule has 0 radical (unpaired) electrons. The maximum absolute atomic E-state index is 2.44. The Morgan fingerprint density at radius 3 is 1.51 bits per heavy atom. The highest BCUT2D eigenvalue weighted by molar-refractivity contribution is 7.25. The minimum Gasteiger partial charge on any atom is -0.309 e. The molecule has 0 aliphatic carbocycles. The van der Waals surface area contributed by atoms with Crippen molar-refractivity contribution in [3.8, 4) is 33.6 Å². The number of hydrogen-bond donors (Lipinski definition) is 0. The number of aromatic nitrogens is 2. The van der Waals surface area contributed by atoms with E-state index in [-0.39, 0.29) is 0 Å². The summed E-state index contributed by atoms with van der Waals surface area (Å²) in [6.07, 6.45) is 0. The second-order valence-corrected chi connectivity index (χ2v) is 18.0. The molecule has 3 heteroatoms. The maximum atomic E-state index is 2.44. The zero-order chi connectivity index (χ0) is 41.2. The lowest BCUT2D eigenvalue weighted by molar-refractivity contribution is 1.18. The minimum atomic E-state index is 1.16. The molecule has 0 N–H and O–H groups in total. The van der Waals surface area contributed by atoms with E-state index in [1.54, 1.807) is 0 Å². The van der Waals surface area contributed by atoms with Gasteiger partial charge in [-0.2, -0.15) is 0 Å². The molecule has 3 heterocycles. The Bertz CT molecular complexity index is 4200. The Balaban J connectivity index is 0.919. The minimum absolute atomic E-state index is 1.16. The molecule has 0 aliphatic heterocycles. The first-order valence-electron chi connectivity index (χ1n) is 21.6. The highest BCUT2D eigenvalue weighted by Crippen LogP contribution is 2.41. The van der Waals surface area contributed by atoms with Gasteiger partial charge in [0, 0.05) is 53.1 Å². The predicted octanol–water partition coefficient (Wildman–Crippen LogP) is 17.0. The fourth-order valence-corrected chi connectivity index (χ4v) is 11.5. The first-order chi connectivity index (χ1) is 31.2. The van der Waals surface area contributed by atoms with Gasteiger partial charge in [0.25, 0.3) is 0 Å². The highest BCUT2D eigenvalue weighted by Gasteiger charge is 2.18. The number of thiophene rings is 1. The number of nitrogens with zero attached hydrogens (tertiary/aromatic N) is 2. The lowest BCUT2D eigenvalue weighted by atomic mass is 9.98. The van der Waals surface area contributed by atoms with Crippen LogP contribution in [0.3, 0.4) is 0 Å². The first kappa shape index (κ1) is 34.7. The third-order valence-electron chi connectivity index (χ3n) is 13.4. The van der Waals surface area contributed by atoms with E-state index in [0.717, 1.165) is 5.69 Å². The largest absolute Gasteiger partial charge is 0.309 e. The summed E-state index contributed by atoms with van der Waals surface area (Å²) >= 11 is 1.88. The molecule has 0 amide bonds. The van der Waals surface area contributed by atoms with Gasteiger partial charge in [-0.05, 0) is 158 Å². The third kappa shape index (κ3) is 5.30. The van der Waals surface area contributed by atoms with E-state index < -0.39 is 0 Å². The lowest BCUT2D eigenvalue weighted by Gasteiger charge is -2.11. The zero-order valence-corrected chi connectivity index (χ0v) is 34.9. The molecular weight excluding hydrogens is 781 g/mol. The molecule has 2 nitrogen and oxygen atoms in total. The molecule has 0 spiro atoms. The van der Waals surface area contributed by atoms with Crippen molar-refractivity contribution in [2.75, 3.05) is 0 Å². The molecule has 0 bridgehead atoms. The summed E-state index contributed by atoms with van der Waals surface area (Å²) in [4.78, 5) is 0. The van der Waals surface area contributed by atoms with Gasteiger partial charge in [0.05, 0.1) is 22.1 Å². The van der Waals surface area contributed by atoms with Crippen LogP contribution < -0.4 is 0 Å². The van der Waals surface area contributed by atoms with Crippen LogP contribution in [-0.2, 0) is 0 Å². The Morgan fingerprint density at radius 2 is 0.746 bits per heavy atom. The smallest absolute Gasteiger partial charge is 0.0541 e. The standard InChI is InChI=1S/C60H36N2S/c1-2-12-47(13-3-1)61-57-26-21-41(39-19-18-37-10-4-5-11-38(37)28-39)33-52(57)53-34-43(23-27-58(53)61)42-22-25-56-51(32-42)49-14-6-8-16-55(49)62(56)48-24-20-40-29-46-36-60-54(35-45(46)30-44(40)31-48)50-15-7-9-17-59(50)63-60/h1-36H. The van der Waals surface area contributed by atoms with Crippen molar-refractivity contribution in [2.45, 2.75) is 0 Å². The molecule has 0 fully saturated rings. The summed E-state index contributed by atoms with van der Waals surface area (Å²) in [5.74, 6) is 0. The molecule has 3 aromatic heterocycles. The van der Waals surface area contributed by atoms with Crippen molar-refractivity contribution >= 4 is 107 Å². The number of para-hydroxylation sites is 2. The van der Waals surface area contributed by atoms with E-state index in [4.69, 9.17) is 0 Å². The first-order valence-corrected chi connectivity index (χ1v) is 22.5. The summed E-state index contributed by atoms with van der Waals surface area (Å²) in [6.45, 7) is 0. The van der Waals surface area contributed by atoms with Crippen molar-refractivity contribution in [3.63, 3.8) is 0 Å². The SMILES string of the molecule is c1ccc(-n2c3ccc(-c4ccc5ccccc5c4)cc3c3cc(-c4ccc5c(c4)c4ccccc4n5-c4ccc5cc6cc7sc8ccccc8c7cc6cc5c4)ccc32)cc1. The van der Waals surface area contributed by atoms with Crippen molar-refractivity contribution in [2.24, 2.45) is 0 Å². The second-order valence-electron chi connectivity index (χ2n) is 17.0. The quantitative estimate of drug-likeness (QED) is 0.157. The van der Waals surface area contributed by atoms with Gasteiger partial charge in [-0.1, -0.05) is 115 Å². The molecule has 292 valence electrons. The molecule has 63 heavy (non-hydrogen) atoms. The maximum Gasteiger partial charge on any atom is 0.0541 e. The van der Waals surface area contributed by atoms with Crippen molar-refractivity contribution < 1.29 is 0 Å². The van der Waals surface area contributed by atoms with Crippen LogP contribution in [0.4, 0.5) is 0 Å². The van der Waals surface area contributed by atoms with E-state index in [1.807, 2.05) is 11.3 Å². The highest BCUT2D eigenvalue weighted by atomic mass is 32.1. The Labute approximate surface area is 366 Å². The van der Waals surface area contributed by atoms with Crippen LogP contribution in [0.1, 0.15) is 0 Å². The van der Waals surface area contributed by atoms with Crippen LogP contribution >= 0.6 is 11.3 Å². The van der Waals surface area contributed by atoms with Crippen LogP contribution in [0.25, 0.3) is 130 Å². The van der Waals surface area contributed by atoms with E-state index in [0.29, 0.717) is 0 Å². The number of rotatable bonds is 4. The predicted molar refractivity (Wildman–Crippen MR) is 271 cm³/mol. The Morgan fingerprint density at radius 1 is 0.238 bits per heavy atom. The fourth-order valence-electron chi connectivity index (χ4n) is 10.4. The van der Waals surface area contributed by atoms with Crippen LogP contribution in [0.2, 0.25) is 0 Å². The van der Waals surface area contributed by atoms with Gasteiger partial charge in [-0.25, -0.2) is 0 Å². The number of benzene rings is 11. The van der Waals surface area contributed by atoms with Gasteiger partial charge in [0.15, 0.2) is 0 Å². The number of hydrogen-bond acceptors (Lipinski definition) is 1. The summed E-state index contributed by atoms with van der Waals surface area (Å²) in [7, 11) is 0. The molecule has 14 aromatic rings. The van der Waals surface area contributed by atoms with Gasteiger partial charge in [-0.15, -0.1) is 11.3 Å². The zero-order valence-electron chi connectivity index (χ0n) is 34.1. The summed E-state index contributed by atoms with van der Waals surface area (Å²) in [5, 5.41) is 15.2. The lowest BCUT2D eigenvalue weighted by Crippen LogP contribution is -1.94. The van der Waals surface area contributed by atoms with Crippen molar-refractivity contribution in [1.29, 1.82) is 0 Å². The Kier molecular flexibility index (Phi) is 7.30. The van der Waals surface area contributed by atoms with Gasteiger partial charge in [0.2, 0.25) is 0 Å². The van der Waals surface area contributed by atoms with Gasteiger partial charge in [0.1, 0.15) is 0 Å². The van der Waals surface area contributed by atoms with E-state index in [9.17, 15) is 0 Å². The molecular formula is C60H36N2S. The van der Waals surface area contributed by atoms with Crippen molar-refractivity contribution in [3.05, 3.63) is 218 Å². The van der Waals surface area contributed by atoms with E-state index in [2.05, 4.69) is 228 Å². The van der Waals surface area contributed by atoms with Crippen LogP contribution in [-0.4, -0.2) is 9.13 Å². The Hall–Kier alpha value is -7.98. The van der Waals surface area contributed by atoms with E-state index in [1.165, 1.54) is 124 Å². The monoisotopic (exact) mass is 816 g/mol.